The number of aliphatic carboxylic acids is 1. The number of likely N-dealkylation sites (tertiary alicyclic amines) is 2. The lowest BCUT2D eigenvalue weighted by atomic mass is 10.0. The Balaban J connectivity index is 2.07. The van der Waals surface area contributed by atoms with E-state index >= 15 is 0 Å². The summed E-state index contributed by atoms with van der Waals surface area (Å²) in [5.74, 6) is -0.932. The first-order valence-corrected chi connectivity index (χ1v) is 6.56. The molecule has 1 unspecified atom stereocenters. The van der Waals surface area contributed by atoms with E-state index in [1.807, 2.05) is 0 Å². The van der Waals surface area contributed by atoms with Crippen LogP contribution in [0.4, 0.5) is 4.79 Å². The monoisotopic (exact) mass is 256 g/mol. The standard InChI is InChI=1S/C12H20N2O4/c15-8-9-4-1-2-6-13(9)12(18)14-7-3-5-10(14)11(16)17/h9-10,15H,1-8H2,(H,16,17)/t9?,10-/m1/s1. The zero-order chi connectivity index (χ0) is 13.1. The quantitative estimate of drug-likeness (QED) is 0.754. The number of hydrogen-bond donors (Lipinski definition) is 2. The predicted octanol–water partition coefficient (Wildman–Crippen LogP) is 0.502. The van der Waals surface area contributed by atoms with Gasteiger partial charge in [0, 0.05) is 13.1 Å². The van der Waals surface area contributed by atoms with E-state index in [-0.39, 0.29) is 18.7 Å². The van der Waals surface area contributed by atoms with Crippen molar-refractivity contribution in [2.24, 2.45) is 0 Å². The highest BCUT2D eigenvalue weighted by molar-refractivity contribution is 5.83. The van der Waals surface area contributed by atoms with E-state index in [0.29, 0.717) is 19.5 Å². The van der Waals surface area contributed by atoms with Gasteiger partial charge in [0.15, 0.2) is 0 Å². The summed E-state index contributed by atoms with van der Waals surface area (Å²) >= 11 is 0. The van der Waals surface area contributed by atoms with Gasteiger partial charge in [0.25, 0.3) is 0 Å². The zero-order valence-corrected chi connectivity index (χ0v) is 10.4. The summed E-state index contributed by atoms with van der Waals surface area (Å²) in [4.78, 5) is 26.5. The number of nitrogens with zero attached hydrogens (tertiary/aromatic N) is 2. The van der Waals surface area contributed by atoms with Crippen LogP contribution in [0.25, 0.3) is 0 Å². The van der Waals surface area contributed by atoms with Crippen LogP contribution < -0.4 is 0 Å². The molecule has 0 aliphatic carbocycles. The highest BCUT2D eigenvalue weighted by Gasteiger charge is 2.38. The Morgan fingerprint density at radius 3 is 2.44 bits per heavy atom. The zero-order valence-electron chi connectivity index (χ0n) is 10.4. The normalized spacial score (nSPS) is 28.5. The number of amides is 2. The van der Waals surface area contributed by atoms with Gasteiger partial charge in [-0.2, -0.15) is 0 Å². The third-order valence-corrected chi connectivity index (χ3v) is 3.87. The van der Waals surface area contributed by atoms with Crippen LogP contribution in [0.3, 0.4) is 0 Å². The van der Waals surface area contributed by atoms with Crippen LogP contribution in [0, 0.1) is 0 Å². The lowest BCUT2D eigenvalue weighted by molar-refractivity contribution is -0.141. The third-order valence-electron chi connectivity index (χ3n) is 3.87. The fourth-order valence-electron chi connectivity index (χ4n) is 2.86. The van der Waals surface area contributed by atoms with E-state index in [0.717, 1.165) is 25.7 Å². The van der Waals surface area contributed by atoms with E-state index in [9.17, 15) is 14.7 Å². The molecule has 18 heavy (non-hydrogen) atoms. The largest absolute Gasteiger partial charge is 0.480 e. The number of rotatable bonds is 2. The molecule has 0 spiro atoms. The van der Waals surface area contributed by atoms with Crippen molar-refractivity contribution in [3.63, 3.8) is 0 Å². The van der Waals surface area contributed by atoms with E-state index in [1.54, 1.807) is 4.90 Å². The molecule has 2 heterocycles. The van der Waals surface area contributed by atoms with Crippen molar-refractivity contribution in [1.29, 1.82) is 0 Å². The van der Waals surface area contributed by atoms with Crippen molar-refractivity contribution < 1.29 is 19.8 Å². The van der Waals surface area contributed by atoms with Crippen molar-refractivity contribution in [3.05, 3.63) is 0 Å². The first-order chi connectivity index (χ1) is 8.65. The lowest BCUT2D eigenvalue weighted by Gasteiger charge is -2.38. The molecule has 2 rings (SSSR count). The van der Waals surface area contributed by atoms with Crippen molar-refractivity contribution in [1.82, 2.24) is 9.80 Å². The van der Waals surface area contributed by atoms with Gasteiger partial charge >= 0.3 is 12.0 Å². The van der Waals surface area contributed by atoms with Gasteiger partial charge in [0.2, 0.25) is 0 Å². The van der Waals surface area contributed by atoms with E-state index < -0.39 is 12.0 Å². The molecule has 2 aliphatic heterocycles. The summed E-state index contributed by atoms with van der Waals surface area (Å²) in [6, 6.07) is -1.07. The number of carbonyl (C=O) groups is 2. The average molecular weight is 256 g/mol. The van der Waals surface area contributed by atoms with Crippen molar-refractivity contribution in [2.75, 3.05) is 19.7 Å². The minimum Gasteiger partial charge on any atom is -0.480 e. The number of carbonyl (C=O) groups excluding carboxylic acids is 1. The second kappa shape index (κ2) is 5.56. The molecule has 0 aromatic heterocycles. The molecule has 6 heteroatoms. The van der Waals surface area contributed by atoms with Crippen LogP contribution >= 0.6 is 0 Å². The molecule has 6 nitrogen and oxygen atoms in total. The number of aliphatic hydroxyl groups excluding tert-OH is 1. The molecule has 0 saturated carbocycles. The molecule has 102 valence electrons. The highest BCUT2D eigenvalue weighted by atomic mass is 16.4. The molecule has 0 bridgehead atoms. The maximum absolute atomic E-state index is 12.4. The van der Waals surface area contributed by atoms with Crippen molar-refractivity contribution >= 4 is 12.0 Å². The van der Waals surface area contributed by atoms with Gasteiger partial charge in [-0.15, -0.1) is 0 Å². The van der Waals surface area contributed by atoms with Crippen LogP contribution in [0.15, 0.2) is 0 Å². The van der Waals surface area contributed by atoms with Crippen LogP contribution in [-0.4, -0.2) is 63.8 Å². The van der Waals surface area contributed by atoms with Gasteiger partial charge in [0.1, 0.15) is 6.04 Å². The van der Waals surface area contributed by atoms with Crippen LogP contribution in [0.2, 0.25) is 0 Å². The number of urea groups is 1. The molecule has 2 saturated heterocycles. The summed E-state index contributed by atoms with van der Waals surface area (Å²) in [6.45, 7) is 1.08. The van der Waals surface area contributed by atoms with Gasteiger partial charge in [0.05, 0.1) is 12.6 Å². The Kier molecular flexibility index (Phi) is 4.06. The number of aliphatic hydroxyl groups is 1. The lowest BCUT2D eigenvalue weighted by Crippen LogP contribution is -2.54. The Morgan fingerprint density at radius 1 is 1.06 bits per heavy atom. The molecule has 0 radical (unpaired) electrons. The minimum atomic E-state index is -0.932. The fraction of sp³-hybridized carbons (Fsp3) is 0.833. The second-order valence-corrected chi connectivity index (χ2v) is 5.00. The second-order valence-electron chi connectivity index (χ2n) is 5.00. The maximum atomic E-state index is 12.4. The predicted molar refractivity (Wildman–Crippen MR) is 64.2 cm³/mol. The molecule has 2 aliphatic rings. The highest BCUT2D eigenvalue weighted by Crippen LogP contribution is 2.23. The van der Waals surface area contributed by atoms with E-state index in [2.05, 4.69) is 0 Å². The van der Waals surface area contributed by atoms with Gasteiger partial charge in [-0.3, -0.25) is 0 Å². The summed E-state index contributed by atoms with van der Waals surface area (Å²) in [5.41, 5.74) is 0. The molecule has 2 N–H and O–H groups in total. The van der Waals surface area contributed by atoms with Gasteiger partial charge in [-0.25, -0.2) is 9.59 Å². The SMILES string of the molecule is O=C(O)[C@H]1CCCN1C(=O)N1CCCCC1CO. The Bertz CT molecular complexity index is 334. The summed E-state index contributed by atoms with van der Waals surface area (Å²) < 4.78 is 0. The third kappa shape index (κ3) is 2.43. The van der Waals surface area contributed by atoms with Crippen molar-refractivity contribution in [3.8, 4) is 0 Å². The first kappa shape index (κ1) is 13.1. The van der Waals surface area contributed by atoms with Crippen LogP contribution in [0.1, 0.15) is 32.1 Å². The van der Waals surface area contributed by atoms with Crippen LogP contribution in [-0.2, 0) is 4.79 Å². The maximum Gasteiger partial charge on any atom is 0.326 e. The van der Waals surface area contributed by atoms with E-state index in [1.165, 1.54) is 4.90 Å². The Hall–Kier alpha value is -1.30. The number of piperidine rings is 1. The Morgan fingerprint density at radius 2 is 1.78 bits per heavy atom. The minimum absolute atomic E-state index is 0.0443. The topological polar surface area (TPSA) is 81.1 Å². The fourth-order valence-corrected chi connectivity index (χ4v) is 2.86. The molecular weight excluding hydrogens is 236 g/mol. The molecule has 0 aromatic carbocycles. The summed E-state index contributed by atoms with van der Waals surface area (Å²) in [5, 5.41) is 18.4. The molecule has 2 atom stereocenters. The van der Waals surface area contributed by atoms with Gasteiger partial charge < -0.3 is 20.0 Å². The number of carboxylic acids is 1. The molecule has 2 fully saturated rings. The van der Waals surface area contributed by atoms with E-state index in [4.69, 9.17) is 5.11 Å². The van der Waals surface area contributed by atoms with Gasteiger partial charge in [-0.05, 0) is 32.1 Å². The van der Waals surface area contributed by atoms with Crippen molar-refractivity contribution in [2.45, 2.75) is 44.2 Å². The van der Waals surface area contributed by atoms with Gasteiger partial charge in [-0.1, -0.05) is 0 Å². The molecular formula is C12H20N2O4. The Labute approximate surface area is 106 Å². The summed E-state index contributed by atoms with van der Waals surface area (Å²) in [7, 11) is 0. The molecule has 0 aromatic rings. The number of hydrogen-bond acceptors (Lipinski definition) is 3. The number of carboxylic acid groups (broad SMARTS) is 1. The molecule has 2 amide bonds. The van der Waals surface area contributed by atoms with Crippen LogP contribution in [0.5, 0.6) is 0 Å². The first-order valence-electron chi connectivity index (χ1n) is 6.56. The summed E-state index contributed by atoms with van der Waals surface area (Å²) in [6.07, 6.45) is 4.00. The smallest absolute Gasteiger partial charge is 0.326 e. The average Bonchev–Trinajstić information content (AvgIpc) is 2.87.